The highest BCUT2D eigenvalue weighted by molar-refractivity contribution is 6.30. The second-order valence-electron chi connectivity index (χ2n) is 8.49. The van der Waals surface area contributed by atoms with Crippen molar-refractivity contribution in [3.05, 3.63) is 64.2 Å². The summed E-state index contributed by atoms with van der Waals surface area (Å²) in [7, 11) is 0. The minimum Gasteiger partial charge on any atom is -0.369 e. The van der Waals surface area contributed by atoms with E-state index in [1.165, 1.54) is 23.4 Å². The van der Waals surface area contributed by atoms with Crippen LogP contribution in [0.2, 0.25) is 5.02 Å². The van der Waals surface area contributed by atoms with Gasteiger partial charge in [0.1, 0.15) is 11.6 Å². The molecule has 2 fully saturated rings. The first-order valence-electron chi connectivity index (χ1n) is 10.9. The third-order valence-corrected chi connectivity index (χ3v) is 6.73. The van der Waals surface area contributed by atoms with Crippen molar-refractivity contribution in [1.82, 2.24) is 9.80 Å². The number of amides is 1. The van der Waals surface area contributed by atoms with Crippen molar-refractivity contribution in [2.75, 3.05) is 37.6 Å². The lowest BCUT2D eigenvalue weighted by molar-refractivity contribution is -0.131. The number of carbonyl (C=O) groups is 1. The highest BCUT2D eigenvalue weighted by Gasteiger charge is 2.29. The van der Waals surface area contributed by atoms with Crippen LogP contribution in [0.25, 0.3) is 0 Å². The van der Waals surface area contributed by atoms with Crippen LogP contribution in [-0.4, -0.2) is 54.5 Å². The van der Waals surface area contributed by atoms with E-state index in [1.807, 2.05) is 12.1 Å². The Morgan fingerprint density at radius 3 is 2.52 bits per heavy atom. The molecule has 0 spiro atoms. The largest absolute Gasteiger partial charge is 0.369 e. The molecular weight excluding hydrogens is 420 g/mol. The number of benzene rings is 2. The number of piperazine rings is 1. The van der Waals surface area contributed by atoms with Crippen LogP contribution in [0.4, 0.5) is 14.5 Å². The van der Waals surface area contributed by atoms with Crippen LogP contribution in [0.15, 0.2) is 36.4 Å². The second kappa shape index (κ2) is 9.53. The topological polar surface area (TPSA) is 26.8 Å². The van der Waals surface area contributed by atoms with E-state index in [1.54, 1.807) is 4.90 Å². The minimum absolute atomic E-state index is 0.0411. The van der Waals surface area contributed by atoms with E-state index < -0.39 is 11.6 Å². The van der Waals surface area contributed by atoms with Gasteiger partial charge in [0.25, 0.3) is 0 Å². The first kappa shape index (κ1) is 22.0. The number of hydrogen-bond donors (Lipinski definition) is 0. The number of hydrogen-bond acceptors (Lipinski definition) is 3. The molecule has 7 heteroatoms. The summed E-state index contributed by atoms with van der Waals surface area (Å²) in [6, 6.07) is 9.89. The molecule has 2 aromatic carbocycles. The Kier molecular flexibility index (Phi) is 6.77. The van der Waals surface area contributed by atoms with Gasteiger partial charge in [0.15, 0.2) is 0 Å². The predicted octanol–water partition coefficient (Wildman–Crippen LogP) is 4.63. The molecule has 1 amide bonds. The molecule has 2 aliphatic heterocycles. The van der Waals surface area contributed by atoms with E-state index in [0.29, 0.717) is 24.6 Å². The molecule has 2 saturated heterocycles. The van der Waals surface area contributed by atoms with Crippen molar-refractivity contribution in [1.29, 1.82) is 0 Å². The molecular formula is C24H28ClF2N3O. The normalized spacial score (nSPS) is 20.8. The molecule has 4 rings (SSSR count). The molecule has 0 radical (unpaired) electrons. The number of nitrogens with zero attached hydrogens (tertiary/aromatic N) is 3. The van der Waals surface area contributed by atoms with Crippen LogP contribution >= 0.6 is 11.6 Å². The molecule has 0 saturated carbocycles. The van der Waals surface area contributed by atoms with E-state index >= 15 is 0 Å². The van der Waals surface area contributed by atoms with Gasteiger partial charge in [0, 0.05) is 74.1 Å². The first-order valence-corrected chi connectivity index (χ1v) is 11.3. The maximum atomic E-state index is 14.0. The van der Waals surface area contributed by atoms with E-state index in [2.05, 4.69) is 22.8 Å². The molecule has 0 unspecified atom stereocenters. The van der Waals surface area contributed by atoms with Crippen LogP contribution in [0.5, 0.6) is 0 Å². The third kappa shape index (κ3) is 5.18. The first-order chi connectivity index (χ1) is 14.9. The third-order valence-electron chi connectivity index (χ3n) is 6.50. The monoisotopic (exact) mass is 447 g/mol. The summed E-state index contributed by atoms with van der Waals surface area (Å²) in [6.45, 7) is 6.63. The molecule has 0 bridgehead atoms. The van der Waals surface area contributed by atoms with Gasteiger partial charge in [-0.3, -0.25) is 9.69 Å². The molecule has 1 atom stereocenters. The lowest BCUT2D eigenvalue weighted by Gasteiger charge is -2.40. The number of carbonyl (C=O) groups excluding carboxylic acids is 1. The lowest BCUT2D eigenvalue weighted by Crippen LogP contribution is -2.50. The van der Waals surface area contributed by atoms with Crippen molar-refractivity contribution in [2.24, 2.45) is 0 Å². The fraction of sp³-hybridized carbons (Fsp3) is 0.458. The zero-order valence-electron chi connectivity index (χ0n) is 17.8. The zero-order chi connectivity index (χ0) is 22.0. The Morgan fingerprint density at radius 1 is 1.00 bits per heavy atom. The summed E-state index contributed by atoms with van der Waals surface area (Å²) in [5, 5.41) is 0.753. The van der Waals surface area contributed by atoms with Crippen LogP contribution in [0, 0.1) is 18.6 Å². The summed E-state index contributed by atoms with van der Waals surface area (Å²) in [5.74, 6) is -1.16. The van der Waals surface area contributed by atoms with Gasteiger partial charge in [-0.15, -0.1) is 0 Å². The number of halogens is 3. The van der Waals surface area contributed by atoms with Gasteiger partial charge in [-0.25, -0.2) is 8.78 Å². The summed E-state index contributed by atoms with van der Waals surface area (Å²) in [6.07, 6.45) is 2.14. The maximum Gasteiger partial charge on any atom is 0.222 e. The molecule has 2 aromatic rings. The molecule has 2 aliphatic rings. The Balaban J connectivity index is 1.34. The Hall–Kier alpha value is -2.18. The Morgan fingerprint density at radius 2 is 1.77 bits per heavy atom. The Labute approximate surface area is 187 Å². The number of aryl methyl sites for hydroxylation is 1. The van der Waals surface area contributed by atoms with Crippen molar-refractivity contribution in [2.45, 2.75) is 38.8 Å². The van der Waals surface area contributed by atoms with Gasteiger partial charge >= 0.3 is 0 Å². The van der Waals surface area contributed by atoms with Gasteiger partial charge in [0.2, 0.25) is 5.91 Å². The summed E-state index contributed by atoms with van der Waals surface area (Å²) in [4.78, 5) is 19.2. The van der Waals surface area contributed by atoms with Gasteiger partial charge in [-0.1, -0.05) is 23.7 Å². The maximum absolute atomic E-state index is 14.0. The lowest BCUT2D eigenvalue weighted by atomic mass is 10.1. The molecule has 31 heavy (non-hydrogen) atoms. The average molecular weight is 448 g/mol. The Bertz CT molecular complexity index is 946. The van der Waals surface area contributed by atoms with Crippen LogP contribution in [0.1, 0.15) is 30.4 Å². The summed E-state index contributed by atoms with van der Waals surface area (Å²) < 4.78 is 27.2. The smallest absolute Gasteiger partial charge is 0.222 e. The van der Waals surface area contributed by atoms with E-state index in [-0.39, 0.29) is 12.5 Å². The standard InChI is InChI=1S/C24H28ClF2N3O/c1-17-2-4-19(25)14-23(17)29-12-10-28(11-13-29)21-6-7-24(31)30(9-8-21)16-18-3-5-20(26)15-22(18)27/h2-5,14-15,21H,6-13,16H2,1H3/t21-/m0/s1. The van der Waals surface area contributed by atoms with Gasteiger partial charge in [-0.2, -0.15) is 0 Å². The van der Waals surface area contributed by atoms with E-state index in [9.17, 15) is 13.6 Å². The molecule has 2 heterocycles. The fourth-order valence-electron chi connectivity index (χ4n) is 4.66. The molecule has 4 nitrogen and oxygen atoms in total. The van der Waals surface area contributed by atoms with Gasteiger partial charge in [0.05, 0.1) is 0 Å². The van der Waals surface area contributed by atoms with Crippen LogP contribution < -0.4 is 4.90 Å². The average Bonchev–Trinajstić information content (AvgIpc) is 2.94. The molecule has 0 aromatic heterocycles. The van der Waals surface area contributed by atoms with E-state index in [0.717, 1.165) is 50.1 Å². The van der Waals surface area contributed by atoms with Crippen molar-refractivity contribution < 1.29 is 13.6 Å². The highest BCUT2D eigenvalue weighted by atomic mass is 35.5. The van der Waals surface area contributed by atoms with Crippen molar-refractivity contribution >= 4 is 23.2 Å². The minimum atomic E-state index is -0.601. The zero-order valence-corrected chi connectivity index (χ0v) is 18.5. The summed E-state index contributed by atoms with van der Waals surface area (Å²) in [5.41, 5.74) is 2.77. The second-order valence-corrected chi connectivity index (χ2v) is 8.92. The molecule has 0 N–H and O–H groups in total. The quantitative estimate of drug-likeness (QED) is 0.683. The molecule has 0 aliphatic carbocycles. The van der Waals surface area contributed by atoms with Crippen LogP contribution in [0.3, 0.4) is 0 Å². The van der Waals surface area contributed by atoms with E-state index in [4.69, 9.17) is 11.6 Å². The predicted molar refractivity (Wildman–Crippen MR) is 119 cm³/mol. The SMILES string of the molecule is Cc1ccc(Cl)cc1N1CCN([C@H]2CCC(=O)N(Cc3ccc(F)cc3F)CC2)CC1. The highest BCUT2D eigenvalue weighted by Crippen LogP contribution is 2.27. The summed E-state index contributed by atoms with van der Waals surface area (Å²) >= 11 is 6.19. The fourth-order valence-corrected chi connectivity index (χ4v) is 4.83. The van der Waals surface area contributed by atoms with Crippen molar-refractivity contribution in [3.63, 3.8) is 0 Å². The molecule has 166 valence electrons. The van der Waals surface area contributed by atoms with Gasteiger partial charge < -0.3 is 9.80 Å². The van der Waals surface area contributed by atoms with Crippen molar-refractivity contribution in [3.8, 4) is 0 Å². The van der Waals surface area contributed by atoms with Crippen LogP contribution in [-0.2, 0) is 11.3 Å². The number of likely N-dealkylation sites (tertiary alicyclic amines) is 1. The van der Waals surface area contributed by atoms with Gasteiger partial charge in [-0.05, 0) is 43.5 Å². The number of anilines is 1. The number of rotatable bonds is 4.